The predicted octanol–water partition coefficient (Wildman–Crippen LogP) is 4.28. The van der Waals surface area contributed by atoms with Crippen LogP contribution in [-0.2, 0) is 20.9 Å². The smallest absolute Gasteiger partial charge is 0.303 e. The summed E-state index contributed by atoms with van der Waals surface area (Å²) >= 11 is 12.6. The van der Waals surface area contributed by atoms with Crippen molar-refractivity contribution in [2.45, 2.75) is 50.2 Å². The number of halogens is 2. The molecule has 0 unspecified atom stereocenters. The van der Waals surface area contributed by atoms with Crippen molar-refractivity contribution in [1.29, 1.82) is 0 Å². The van der Waals surface area contributed by atoms with Crippen LogP contribution in [0.1, 0.15) is 37.7 Å². The Morgan fingerprint density at radius 1 is 1.24 bits per heavy atom. The lowest BCUT2D eigenvalue weighted by Crippen LogP contribution is -2.30. The Hall–Kier alpha value is -1.35. The van der Waals surface area contributed by atoms with E-state index in [0.717, 1.165) is 44.7 Å². The highest BCUT2D eigenvalue weighted by molar-refractivity contribution is 6.30. The molecule has 9 heteroatoms. The molecule has 2 fully saturated rings. The predicted molar refractivity (Wildman–Crippen MR) is 134 cm³/mol. The zero-order valence-electron chi connectivity index (χ0n) is 19.8. The van der Waals surface area contributed by atoms with Crippen molar-refractivity contribution in [3.05, 3.63) is 40.9 Å². The monoisotopic (exact) mass is 517 g/mol. The average molecular weight is 518 g/mol. The Morgan fingerprint density at radius 2 is 2.00 bits per heavy atom. The molecule has 7 nitrogen and oxygen atoms in total. The summed E-state index contributed by atoms with van der Waals surface area (Å²) in [7, 11) is 1.62. The number of methoxy groups -OCH3 is 1. The van der Waals surface area contributed by atoms with Crippen molar-refractivity contribution in [3.63, 3.8) is 0 Å². The Kier molecular flexibility index (Phi) is 13.9. The molecule has 1 saturated heterocycles. The lowest BCUT2D eigenvalue weighted by Gasteiger charge is -2.23. The van der Waals surface area contributed by atoms with E-state index >= 15 is 0 Å². The molecular weight excluding hydrogens is 481 g/mol. The van der Waals surface area contributed by atoms with Gasteiger partial charge in [-0.1, -0.05) is 23.8 Å². The number of allylic oxidation sites excluding steroid dienone is 2. The first-order valence-corrected chi connectivity index (χ1v) is 12.6. The minimum Gasteiger partial charge on any atom is -0.493 e. The minimum atomic E-state index is -0.778. The molecule has 0 aromatic heterocycles. The number of aliphatic hydroxyl groups excluding tert-OH is 1. The first kappa shape index (κ1) is 28.9. The highest BCUT2D eigenvalue weighted by atomic mass is 35.5. The third kappa shape index (κ3) is 10.9. The molecule has 1 aliphatic heterocycles. The maximum Gasteiger partial charge on any atom is 0.303 e. The Bertz CT molecular complexity index is 747. The minimum absolute atomic E-state index is 0.0731. The van der Waals surface area contributed by atoms with Gasteiger partial charge in [0.25, 0.3) is 0 Å². The van der Waals surface area contributed by atoms with Crippen molar-refractivity contribution >= 4 is 29.2 Å². The molecule has 0 spiro atoms. The standard InChI is InChI=1S/C21H28Cl2O5.C4H9NO/c1-27-12-14-8-15(22)10-16(9-14)28-13-18-17(19(23)11-20(18)24)6-4-2-3-5-7-21(25)26;1-3-6-4-2-5-1/h2,4,8-10,17-20,24H,3,5-7,11-13H2,1H3,(H,25,26);5H,1-4H2/b4-2-;/t17-,18-,19-,20-;/m1./s1. The normalized spacial score (nSPS) is 24.6. The molecule has 0 radical (unpaired) electrons. The van der Waals surface area contributed by atoms with Gasteiger partial charge in [0.1, 0.15) is 5.75 Å². The number of benzene rings is 1. The number of hydrogen-bond acceptors (Lipinski definition) is 6. The van der Waals surface area contributed by atoms with Crippen molar-refractivity contribution in [3.8, 4) is 5.75 Å². The third-order valence-corrected chi connectivity index (χ3v) is 6.56. The van der Waals surface area contributed by atoms with Crippen molar-refractivity contribution in [2.75, 3.05) is 40.0 Å². The van der Waals surface area contributed by atoms with Gasteiger partial charge >= 0.3 is 5.97 Å². The molecule has 0 amide bonds. The van der Waals surface area contributed by atoms with E-state index in [1.54, 1.807) is 13.2 Å². The van der Waals surface area contributed by atoms with E-state index in [2.05, 4.69) is 5.32 Å². The topological polar surface area (TPSA) is 97.2 Å². The Balaban J connectivity index is 0.000000589. The van der Waals surface area contributed by atoms with Crippen LogP contribution in [0.5, 0.6) is 5.75 Å². The molecule has 34 heavy (non-hydrogen) atoms. The number of carboxylic acids is 1. The van der Waals surface area contributed by atoms with Crippen LogP contribution in [0.4, 0.5) is 0 Å². The van der Waals surface area contributed by atoms with Crippen molar-refractivity contribution < 1.29 is 29.2 Å². The highest BCUT2D eigenvalue weighted by Gasteiger charge is 2.41. The molecule has 0 bridgehead atoms. The first-order valence-electron chi connectivity index (χ1n) is 11.8. The fourth-order valence-corrected chi connectivity index (χ4v) is 4.82. The molecule has 1 heterocycles. The van der Waals surface area contributed by atoms with E-state index in [1.807, 2.05) is 24.3 Å². The maximum absolute atomic E-state index is 10.5. The summed E-state index contributed by atoms with van der Waals surface area (Å²) < 4.78 is 16.1. The fraction of sp³-hybridized carbons (Fsp3) is 0.640. The highest BCUT2D eigenvalue weighted by Crippen LogP contribution is 2.39. The van der Waals surface area contributed by atoms with Crippen LogP contribution in [-0.4, -0.2) is 67.7 Å². The van der Waals surface area contributed by atoms with Crippen LogP contribution in [0.15, 0.2) is 30.4 Å². The average Bonchev–Trinajstić information content (AvgIpc) is 3.08. The van der Waals surface area contributed by atoms with Gasteiger partial charge in [-0.05, 0) is 55.4 Å². The van der Waals surface area contributed by atoms with Gasteiger partial charge in [0.05, 0.1) is 32.5 Å². The zero-order chi connectivity index (χ0) is 24.8. The first-order chi connectivity index (χ1) is 16.4. The number of aliphatic carboxylic acids is 1. The molecule has 192 valence electrons. The van der Waals surface area contributed by atoms with Crippen LogP contribution in [0.3, 0.4) is 0 Å². The molecule has 4 atom stereocenters. The number of rotatable bonds is 11. The Labute approximate surface area is 212 Å². The Morgan fingerprint density at radius 3 is 2.62 bits per heavy atom. The molecular formula is C25H37Cl2NO6. The largest absolute Gasteiger partial charge is 0.493 e. The van der Waals surface area contributed by atoms with Crippen LogP contribution in [0.25, 0.3) is 0 Å². The van der Waals surface area contributed by atoms with Gasteiger partial charge in [0.2, 0.25) is 0 Å². The second kappa shape index (κ2) is 16.3. The van der Waals surface area contributed by atoms with E-state index < -0.39 is 12.1 Å². The SMILES string of the molecule is C1COCCN1.COCc1cc(Cl)cc(OC[C@@H]2[C@@H](C/C=C\CCCC(=O)O)[C@H](Cl)C[C@H]2O)c1. The number of carbonyl (C=O) groups is 1. The van der Waals surface area contributed by atoms with Gasteiger partial charge in [0.15, 0.2) is 0 Å². The number of hydrogen-bond donors (Lipinski definition) is 3. The van der Waals surface area contributed by atoms with E-state index in [4.69, 9.17) is 42.5 Å². The summed E-state index contributed by atoms with van der Waals surface area (Å²) in [6.45, 7) is 4.64. The molecule has 3 rings (SSSR count). The van der Waals surface area contributed by atoms with E-state index in [0.29, 0.717) is 36.8 Å². The van der Waals surface area contributed by atoms with Gasteiger partial charge in [-0.2, -0.15) is 0 Å². The quantitative estimate of drug-likeness (QED) is 0.229. The van der Waals surface area contributed by atoms with Gasteiger partial charge in [-0.15, -0.1) is 11.6 Å². The fourth-order valence-electron chi connectivity index (χ4n) is 4.10. The summed E-state index contributed by atoms with van der Waals surface area (Å²) in [6.07, 6.45) is 6.30. The van der Waals surface area contributed by atoms with Crippen molar-refractivity contribution in [1.82, 2.24) is 5.32 Å². The number of morpholine rings is 1. The lowest BCUT2D eigenvalue weighted by molar-refractivity contribution is -0.137. The van der Waals surface area contributed by atoms with Crippen LogP contribution in [0, 0.1) is 11.8 Å². The molecule has 1 aromatic carbocycles. The van der Waals surface area contributed by atoms with Crippen LogP contribution in [0.2, 0.25) is 5.02 Å². The summed E-state index contributed by atoms with van der Waals surface area (Å²) in [5.41, 5.74) is 0.924. The maximum atomic E-state index is 10.5. The van der Waals surface area contributed by atoms with Crippen LogP contribution < -0.4 is 10.1 Å². The number of carboxylic acid groups (broad SMARTS) is 1. The number of nitrogens with one attached hydrogen (secondary N) is 1. The molecule has 1 saturated carbocycles. The second-order valence-corrected chi connectivity index (χ2v) is 9.54. The van der Waals surface area contributed by atoms with Crippen LogP contribution >= 0.6 is 23.2 Å². The van der Waals surface area contributed by atoms with Gasteiger partial charge in [0, 0.05) is 42.9 Å². The molecule has 2 aliphatic rings. The van der Waals surface area contributed by atoms with E-state index in [9.17, 15) is 9.90 Å². The third-order valence-electron chi connectivity index (χ3n) is 5.84. The van der Waals surface area contributed by atoms with Crippen molar-refractivity contribution in [2.24, 2.45) is 11.8 Å². The number of unbranched alkanes of at least 4 members (excludes halogenated alkanes) is 1. The zero-order valence-corrected chi connectivity index (χ0v) is 21.3. The molecule has 3 N–H and O–H groups in total. The number of aliphatic hydroxyl groups is 1. The van der Waals surface area contributed by atoms with Gasteiger partial charge in [-0.3, -0.25) is 4.79 Å². The number of ether oxygens (including phenoxy) is 3. The number of alkyl halides is 1. The molecule has 1 aliphatic carbocycles. The summed E-state index contributed by atoms with van der Waals surface area (Å²) in [5, 5.41) is 22.7. The van der Waals surface area contributed by atoms with E-state index in [-0.39, 0.29) is 23.6 Å². The van der Waals surface area contributed by atoms with Gasteiger partial charge < -0.3 is 29.7 Å². The van der Waals surface area contributed by atoms with E-state index in [1.165, 1.54) is 0 Å². The van der Waals surface area contributed by atoms with Gasteiger partial charge in [-0.25, -0.2) is 0 Å². The second-order valence-electron chi connectivity index (χ2n) is 8.54. The summed E-state index contributed by atoms with van der Waals surface area (Å²) in [4.78, 5) is 10.5. The summed E-state index contributed by atoms with van der Waals surface area (Å²) in [6, 6.07) is 5.46. The lowest BCUT2D eigenvalue weighted by atomic mass is 9.92. The summed E-state index contributed by atoms with van der Waals surface area (Å²) in [5.74, 6) is -0.103. The molecule has 1 aromatic rings.